The number of aliphatic hydroxyl groups is 1. The van der Waals surface area contributed by atoms with Crippen LogP contribution in [-0.2, 0) is 25.6 Å². The predicted molar refractivity (Wildman–Crippen MR) is 189 cm³/mol. The minimum absolute atomic E-state index is 0.0570. The highest BCUT2D eigenvalue weighted by atomic mass is 16.3. The number of benzene rings is 2. The van der Waals surface area contributed by atoms with E-state index in [1.54, 1.807) is 18.2 Å². The third-order valence-electron chi connectivity index (χ3n) is 9.81. The third kappa shape index (κ3) is 9.42. The number of nitrogens with zero attached hydrogens (tertiary/aromatic N) is 3. The van der Waals surface area contributed by atoms with E-state index in [2.05, 4.69) is 20.5 Å². The highest BCUT2D eigenvalue weighted by Crippen LogP contribution is 2.39. The first kappa shape index (κ1) is 35.9. The van der Waals surface area contributed by atoms with Crippen molar-refractivity contribution in [2.24, 2.45) is 17.6 Å². The standard InChI is InChI=1S/C38H50N6O5/c1-38(2,3)42-37(49)31-20-27-14-7-8-15-28(27)22-43(31)23-33(46)30(19-25-11-5-4-6-12-25)41-36(48)32(21-34(39)47)44(24-45)35-18-17-26-13-9-10-16-29(26)40-35/h4-6,9-13,16-18,24,27-28,30-33,46H,7-8,14-15,19-23H2,1-3H3,(H2,39,47)(H,41,48)(H,42,49)/t27?,28?,30-,31-,32-,33+/m0/s1. The van der Waals surface area contributed by atoms with Crippen molar-refractivity contribution < 1.29 is 24.3 Å². The largest absolute Gasteiger partial charge is 0.390 e. The van der Waals surface area contributed by atoms with Gasteiger partial charge in [-0.25, -0.2) is 4.98 Å². The van der Waals surface area contributed by atoms with Crippen molar-refractivity contribution in [3.05, 3.63) is 72.3 Å². The number of anilines is 1. The number of fused-ring (bicyclic) bond motifs is 2. The van der Waals surface area contributed by atoms with Crippen LogP contribution in [-0.4, -0.2) is 82.0 Å². The number of amides is 4. The van der Waals surface area contributed by atoms with Gasteiger partial charge >= 0.3 is 0 Å². The number of hydrogen-bond acceptors (Lipinski definition) is 7. The van der Waals surface area contributed by atoms with Crippen LogP contribution in [0.2, 0.25) is 0 Å². The molecule has 3 aromatic rings. The Morgan fingerprint density at radius 1 is 1.02 bits per heavy atom. The first-order valence-electron chi connectivity index (χ1n) is 17.4. The number of primary amides is 1. The lowest BCUT2D eigenvalue weighted by molar-refractivity contribution is -0.133. The number of para-hydroxylation sites is 1. The highest BCUT2D eigenvalue weighted by Gasteiger charge is 2.42. The van der Waals surface area contributed by atoms with Crippen molar-refractivity contribution in [1.29, 1.82) is 0 Å². The lowest BCUT2D eigenvalue weighted by Crippen LogP contribution is -2.61. The summed E-state index contributed by atoms with van der Waals surface area (Å²) in [6, 6.07) is 17.7. The van der Waals surface area contributed by atoms with Gasteiger partial charge in [-0.2, -0.15) is 0 Å². The molecule has 11 nitrogen and oxygen atoms in total. The Labute approximate surface area is 288 Å². The molecule has 5 rings (SSSR count). The minimum atomic E-state index is -1.31. The molecule has 1 saturated heterocycles. The summed E-state index contributed by atoms with van der Waals surface area (Å²) >= 11 is 0. The molecule has 49 heavy (non-hydrogen) atoms. The normalized spacial score (nSPS) is 21.5. The number of piperidine rings is 1. The van der Waals surface area contributed by atoms with Gasteiger partial charge in [-0.1, -0.05) is 67.8 Å². The molecule has 262 valence electrons. The van der Waals surface area contributed by atoms with Crippen molar-refractivity contribution in [3.8, 4) is 0 Å². The molecule has 2 unspecified atom stereocenters. The predicted octanol–water partition coefficient (Wildman–Crippen LogP) is 3.33. The fraction of sp³-hybridized carbons (Fsp3) is 0.500. The average molecular weight is 671 g/mol. The van der Waals surface area contributed by atoms with E-state index in [9.17, 15) is 24.3 Å². The molecule has 0 radical (unpaired) electrons. The second kappa shape index (κ2) is 15.9. The number of aliphatic hydroxyl groups excluding tert-OH is 1. The number of aromatic nitrogens is 1. The molecule has 2 fully saturated rings. The van der Waals surface area contributed by atoms with E-state index >= 15 is 0 Å². The molecular formula is C38H50N6O5. The molecule has 1 aliphatic heterocycles. The van der Waals surface area contributed by atoms with Gasteiger partial charge in [0.05, 0.1) is 30.1 Å². The van der Waals surface area contributed by atoms with E-state index in [-0.39, 0.29) is 24.7 Å². The molecule has 2 heterocycles. The summed E-state index contributed by atoms with van der Waals surface area (Å²) in [7, 11) is 0. The monoisotopic (exact) mass is 670 g/mol. The zero-order valence-corrected chi connectivity index (χ0v) is 28.8. The van der Waals surface area contributed by atoms with Crippen LogP contribution < -0.4 is 21.3 Å². The van der Waals surface area contributed by atoms with E-state index in [1.165, 1.54) is 6.42 Å². The molecule has 2 aliphatic rings. The molecule has 0 bridgehead atoms. The maximum atomic E-state index is 14.1. The zero-order chi connectivity index (χ0) is 35.1. The van der Waals surface area contributed by atoms with E-state index in [0.717, 1.165) is 41.5 Å². The fourth-order valence-corrected chi connectivity index (χ4v) is 7.42. The topological polar surface area (TPSA) is 158 Å². The summed E-state index contributed by atoms with van der Waals surface area (Å²) in [4.78, 5) is 60.3. The molecule has 6 atom stereocenters. The Morgan fingerprint density at radius 3 is 2.41 bits per heavy atom. The zero-order valence-electron chi connectivity index (χ0n) is 28.8. The summed E-state index contributed by atoms with van der Waals surface area (Å²) in [5.74, 6) is -0.371. The Kier molecular flexibility index (Phi) is 11.7. The molecule has 2 aromatic carbocycles. The van der Waals surface area contributed by atoms with Crippen molar-refractivity contribution >= 4 is 40.9 Å². The molecule has 5 N–H and O–H groups in total. The SMILES string of the molecule is CC(C)(C)NC(=O)[C@@H]1CC2CCCCC2CN1C[C@@H](O)[C@H](Cc1ccccc1)NC(=O)[C@H](CC(N)=O)N(C=O)c1ccc2ccccc2n1. The van der Waals surface area contributed by atoms with Gasteiger partial charge in [-0.3, -0.25) is 29.0 Å². The summed E-state index contributed by atoms with van der Waals surface area (Å²) in [5.41, 5.74) is 6.69. The van der Waals surface area contributed by atoms with Crippen LogP contribution in [0.1, 0.15) is 64.9 Å². The van der Waals surface area contributed by atoms with Crippen LogP contribution in [0.25, 0.3) is 10.9 Å². The van der Waals surface area contributed by atoms with Gasteiger partial charge in [0.1, 0.15) is 11.9 Å². The van der Waals surface area contributed by atoms with Gasteiger partial charge in [0, 0.05) is 24.0 Å². The van der Waals surface area contributed by atoms with Crippen LogP contribution in [0.15, 0.2) is 66.7 Å². The van der Waals surface area contributed by atoms with E-state index in [4.69, 9.17) is 5.73 Å². The maximum absolute atomic E-state index is 14.1. The molecule has 1 aromatic heterocycles. The van der Waals surface area contributed by atoms with Crippen molar-refractivity contribution in [3.63, 3.8) is 0 Å². The van der Waals surface area contributed by atoms with Gasteiger partial charge < -0.3 is 21.5 Å². The Balaban J connectivity index is 1.41. The van der Waals surface area contributed by atoms with Crippen LogP contribution in [0.4, 0.5) is 5.82 Å². The minimum Gasteiger partial charge on any atom is -0.390 e. The van der Waals surface area contributed by atoms with Crippen molar-refractivity contribution in [2.75, 3.05) is 18.0 Å². The number of nitrogens with two attached hydrogens (primary N) is 1. The fourth-order valence-electron chi connectivity index (χ4n) is 7.42. The van der Waals surface area contributed by atoms with Crippen LogP contribution in [0.3, 0.4) is 0 Å². The van der Waals surface area contributed by atoms with Gasteiger partial charge in [-0.05, 0) is 75.6 Å². The lowest BCUT2D eigenvalue weighted by Gasteiger charge is -2.47. The van der Waals surface area contributed by atoms with Gasteiger partial charge in [-0.15, -0.1) is 0 Å². The molecule has 4 amide bonds. The Hall–Kier alpha value is -4.35. The number of carbonyl (C=O) groups is 4. The van der Waals surface area contributed by atoms with Crippen molar-refractivity contribution in [2.45, 2.75) is 95.5 Å². The van der Waals surface area contributed by atoms with Crippen LogP contribution >= 0.6 is 0 Å². The molecule has 0 spiro atoms. The smallest absolute Gasteiger partial charge is 0.244 e. The van der Waals surface area contributed by atoms with Gasteiger partial charge in [0.2, 0.25) is 24.1 Å². The van der Waals surface area contributed by atoms with Crippen molar-refractivity contribution in [1.82, 2.24) is 20.5 Å². The number of nitrogens with one attached hydrogen (secondary N) is 2. The van der Waals surface area contributed by atoms with Gasteiger partial charge in [0.15, 0.2) is 0 Å². The molecule has 1 saturated carbocycles. The van der Waals surface area contributed by atoms with E-state index in [0.29, 0.717) is 30.3 Å². The quantitative estimate of drug-likeness (QED) is 0.203. The second-order valence-corrected chi connectivity index (χ2v) is 14.7. The second-order valence-electron chi connectivity index (χ2n) is 14.7. The number of rotatable bonds is 13. The van der Waals surface area contributed by atoms with Crippen LogP contribution in [0, 0.1) is 11.8 Å². The van der Waals surface area contributed by atoms with E-state index in [1.807, 2.05) is 69.3 Å². The van der Waals surface area contributed by atoms with E-state index < -0.39 is 48.0 Å². The highest BCUT2D eigenvalue weighted by molar-refractivity contribution is 5.96. The Bertz CT molecular complexity index is 1610. The molecular weight excluding hydrogens is 620 g/mol. The lowest BCUT2D eigenvalue weighted by atomic mass is 9.72. The molecule has 11 heteroatoms. The summed E-state index contributed by atoms with van der Waals surface area (Å²) in [6.45, 7) is 6.72. The summed E-state index contributed by atoms with van der Waals surface area (Å²) < 4.78 is 0. The number of hydrogen-bond donors (Lipinski definition) is 4. The van der Waals surface area contributed by atoms with Gasteiger partial charge in [0.25, 0.3) is 0 Å². The third-order valence-corrected chi connectivity index (χ3v) is 9.81. The average Bonchev–Trinajstić information content (AvgIpc) is 3.07. The first-order valence-corrected chi connectivity index (χ1v) is 17.4. The number of likely N-dealkylation sites (tertiary alicyclic amines) is 1. The maximum Gasteiger partial charge on any atom is 0.244 e. The number of pyridine rings is 1. The van der Waals surface area contributed by atoms with Crippen LogP contribution in [0.5, 0.6) is 0 Å². The Morgan fingerprint density at radius 2 is 1.71 bits per heavy atom. The number of carbonyl (C=O) groups excluding carboxylic acids is 4. The summed E-state index contributed by atoms with van der Waals surface area (Å²) in [6.07, 6.45) is 4.48. The first-order chi connectivity index (χ1) is 23.4. The summed E-state index contributed by atoms with van der Waals surface area (Å²) in [5, 5.41) is 18.9. The number of β-amino-alcohol motifs (C(OH)–C–C–N with tert-alkyl or cyclic N) is 1. The molecule has 1 aliphatic carbocycles.